The summed E-state index contributed by atoms with van der Waals surface area (Å²) in [4.78, 5) is 28.5. The van der Waals surface area contributed by atoms with Crippen LogP contribution in [0.1, 0.15) is 75.1 Å². The Bertz CT molecular complexity index is 499. The molecule has 1 aromatic rings. The average molecular weight is 331 g/mol. The number of rotatable bonds is 13. The van der Waals surface area contributed by atoms with Crippen LogP contribution in [-0.4, -0.2) is 16.7 Å². The number of carbonyl (C=O) groups excluding carboxylic acids is 2. The second-order valence-corrected chi connectivity index (χ2v) is 6.02. The van der Waals surface area contributed by atoms with Crippen molar-refractivity contribution in [3.05, 3.63) is 42.9 Å². The van der Waals surface area contributed by atoms with Gasteiger partial charge in [-0.2, -0.15) is 0 Å². The van der Waals surface area contributed by atoms with E-state index in [0.29, 0.717) is 12.0 Å². The monoisotopic (exact) mass is 331 g/mol. The van der Waals surface area contributed by atoms with Crippen LogP contribution < -0.4 is 0 Å². The summed E-state index contributed by atoms with van der Waals surface area (Å²) >= 11 is 0. The minimum Gasteiger partial charge on any atom is -0.435 e. The molecule has 0 saturated carbocycles. The molecule has 4 nitrogen and oxygen atoms in total. The Morgan fingerprint density at radius 1 is 1.08 bits per heavy atom. The maximum atomic E-state index is 12.5. The summed E-state index contributed by atoms with van der Waals surface area (Å²) in [5.41, 5.74) is 0.496. The van der Waals surface area contributed by atoms with Crippen molar-refractivity contribution in [3.63, 3.8) is 0 Å². The molecule has 0 saturated heterocycles. The van der Waals surface area contributed by atoms with E-state index < -0.39 is 11.9 Å². The molecule has 24 heavy (non-hydrogen) atoms. The zero-order valence-electron chi connectivity index (χ0n) is 14.7. The van der Waals surface area contributed by atoms with Gasteiger partial charge in [-0.3, -0.25) is 14.6 Å². The van der Waals surface area contributed by atoms with Crippen LogP contribution in [0.2, 0.25) is 0 Å². The minimum atomic E-state index is -0.759. The van der Waals surface area contributed by atoms with Gasteiger partial charge in [0.15, 0.2) is 5.78 Å². The first-order chi connectivity index (χ1) is 11.7. The molecule has 4 heteroatoms. The maximum Gasteiger partial charge on any atom is 0.321 e. The highest BCUT2D eigenvalue weighted by atomic mass is 16.5. The Morgan fingerprint density at radius 2 is 1.67 bits per heavy atom. The first-order valence-corrected chi connectivity index (χ1v) is 8.96. The molecule has 0 fully saturated rings. The highest BCUT2D eigenvalue weighted by molar-refractivity contribution is 6.08. The van der Waals surface area contributed by atoms with Gasteiger partial charge in [0, 0.05) is 18.0 Å². The Hall–Kier alpha value is -1.97. The van der Waals surface area contributed by atoms with Crippen molar-refractivity contribution < 1.29 is 14.3 Å². The van der Waals surface area contributed by atoms with E-state index in [1.807, 2.05) is 0 Å². The zero-order chi connectivity index (χ0) is 17.6. The summed E-state index contributed by atoms with van der Waals surface area (Å²) in [7, 11) is 0. The van der Waals surface area contributed by atoms with Crippen LogP contribution >= 0.6 is 0 Å². The van der Waals surface area contributed by atoms with Gasteiger partial charge in [-0.25, -0.2) is 0 Å². The third kappa shape index (κ3) is 7.53. The molecule has 1 atom stereocenters. The van der Waals surface area contributed by atoms with Crippen LogP contribution in [0.4, 0.5) is 0 Å². The molecule has 132 valence electrons. The van der Waals surface area contributed by atoms with Crippen molar-refractivity contribution >= 4 is 11.8 Å². The highest BCUT2D eigenvalue weighted by Crippen LogP contribution is 2.19. The van der Waals surface area contributed by atoms with E-state index in [9.17, 15) is 9.59 Å². The second-order valence-electron chi connectivity index (χ2n) is 6.02. The van der Waals surface area contributed by atoms with Crippen LogP contribution in [0, 0.1) is 5.92 Å². The number of carbonyl (C=O) groups is 2. The Morgan fingerprint density at radius 3 is 2.25 bits per heavy atom. The molecule has 0 aliphatic carbocycles. The predicted octanol–water partition coefficient (Wildman–Crippen LogP) is 5.10. The summed E-state index contributed by atoms with van der Waals surface area (Å²) in [6.07, 6.45) is 14.1. The number of esters is 1. The van der Waals surface area contributed by atoms with Crippen LogP contribution in [0.15, 0.2) is 37.4 Å². The fourth-order valence-electron chi connectivity index (χ4n) is 2.72. The lowest BCUT2D eigenvalue weighted by molar-refractivity contribution is -0.141. The van der Waals surface area contributed by atoms with Gasteiger partial charge < -0.3 is 4.74 Å². The largest absolute Gasteiger partial charge is 0.435 e. The summed E-state index contributed by atoms with van der Waals surface area (Å²) < 4.78 is 4.86. The number of aromatic nitrogens is 1. The fourth-order valence-corrected chi connectivity index (χ4v) is 2.72. The molecular formula is C20H29NO3. The molecule has 0 aliphatic rings. The summed E-state index contributed by atoms with van der Waals surface area (Å²) in [6, 6.07) is 3.26. The molecule has 0 bridgehead atoms. The number of ether oxygens (including phenoxy) is 1. The van der Waals surface area contributed by atoms with Gasteiger partial charge in [0.05, 0.1) is 6.26 Å². The average Bonchev–Trinajstić information content (AvgIpc) is 2.61. The lowest BCUT2D eigenvalue weighted by Gasteiger charge is -2.13. The zero-order valence-corrected chi connectivity index (χ0v) is 14.7. The number of unbranched alkanes of at least 4 members (excludes halogenated alkanes) is 7. The highest BCUT2D eigenvalue weighted by Gasteiger charge is 2.28. The predicted molar refractivity (Wildman–Crippen MR) is 95.6 cm³/mol. The van der Waals surface area contributed by atoms with Crippen molar-refractivity contribution in [2.24, 2.45) is 5.92 Å². The SMILES string of the molecule is C=COC(=O)C(CCCCCCCCCC)C(=O)c1ccncc1. The summed E-state index contributed by atoms with van der Waals surface area (Å²) in [5, 5.41) is 0. The number of ketones is 1. The molecular weight excluding hydrogens is 302 g/mol. The number of pyridine rings is 1. The third-order valence-corrected chi connectivity index (χ3v) is 4.11. The van der Waals surface area contributed by atoms with Crippen LogP contribution in [0.5, 0.6) is 0 Å². The summed E-state index contributed by atoms with van der Waals surface area (Å²) in [6.45, 7) is 5.61. The number of Topliss-reactive ketones (excluding diaryl/α,β-unsaturated/α-hetero) is 1. The molecule has 1 aromatic heterocycles. The lowest BCUT2D eigenvalue weighted by Crippen LogP contribution is -2.25. The van der Waals surface area contributed by atoms with Crippen LogP contribution in [0.25, 0.3) is 0 Å². The molecule has 0 aliphatic heterocycles. The Kier molecular flexibility index (Phi) is 10.4. The molecule has 1 heterocycles. The molecule has 1 unspecified atom stereocenters. The number of hydrogen-bond acceptors (Lipinski definition) is 4. The van der Waals surface area contributed by atoms with E-state index in [-0.39, 0.29) is 5.78 Å². The first kappa shape index (κ1) is 20.1. The quantitative estimate of drug-likeness (QED) is 0.166. The minimum absolute atomic E-state index is 0.202. The van der Waals surface area contributed by atoms with Crippen molar-refractivity contribution in [1.29, 1.82) is 0 Å². The summed E-state index contributed by atoms with van der Waals surface area (Å²) in [5.74, 6) is -1.48. The Balaban J connectivity index is 2.44. The molecule has 1 rings (SSSR count). The van der Waals surface area contributed by atoms with E-state index in [1.54, 1.807) is 24.5 Å². The molecule has 0 amide bonds. The number of nitrogens with zero attached hydrogens (tertiary/aromatic N) is 1. The van der Waals surface area contributed by atoms with Crippen molar-refractivity contribution in [2.75, 3.05) is 0 Å². The van der Waals surface area contributed by atoms with Crippen molar-refractivity contribution in [1.82, 2.24) is 4.98 Å². The fraction of sp³-hybridized carbons (Fsp3) is 0.550. The van der Waals surface area contributed by atoms with Crippen LogP contribution in [0.3, 0.4) is 0 Å². The number of hydrogen-bond donors (Lipinski definition) is 0. The van der Waals surface area contributed by atoms with Gasteiger partial charge in [-0.15, -0.1) is 0 Å². The standard InChI is InChI=1S/C20H29NO3/c1-3-5-6-7-8-9-10-11-12-18(20(23)24-4-2)19(22)17-13-15-21-16-14-17/h4,13-16,18H,2-3,5-12H2,1H3. The van der Waals surface area contributed by atoms with Gasteiger partial charge >= 0.3 is 5.97 Å². The normalized spacial score (nSPS) is 11.7. The van der Waals surface area contributed by atoms with Crippen molar-refractivity contribution in [2.45, 2.75) is 64.7 Å². The second kappa shape index (κ2) is 12.5. The van der Waals surface area contributed by atoms with E-state index >= 15 is 0 Å². The van der Waals surface area contributed by atoms with E-state index in [1.165, 1.54) is 32.1 Å². The molecule has 0 radical (unpaired) electrons. The van der Waals surface area contributed by atoms with Crippen molar-refractivity contribution in [3.8, 4) is 0 Å². The lowest BCUT2D eigenvalue weighted by atomic mass is 9.92. The van der Waals surface area contributed by atoms with Gasteiger partial charge in [-0.05, 0) is 18.6 Å². The molecule has 0 N–H and O–H groups in total. The van der Waals surface area contributed by atoms with E-state index in [2.05, 4.69) is 18.5 Å². The topological polar surface area (TPSA) is 56.3 Å². The van der Waals surface area contributed by atoms with E-state index in [0.717, 1.165) is 25.5 Å². The molecule has 0 aromatic carbocycles. The van der Waals surface area contributed by atoms with Gasteiger partial charge in [-0.1, -0.05) is 64.9 Å². The smallest absolute Gasteiger partial charge is 0.321 e. The third-order valence-electron chi connectivity index (χ3n) is 4.11. The van der Waals surface area contributed by atoms with Gasteiger partial charge in [0.2, 0.25) is 0 Å². The van der Waals surface area contributed by atoms with Gasteiger partial charge in [0.25, 0.3) is 0 Å². The maximum absolute atomic E-state index is 12.5. The van der Waals surface area contributed by atoms with Crippen LogP contribution in [-0.2, 0) is 9.53 Å². The van der Waals surface area contributed by atoms with E-state index in [4.69, 9.17) is 4.74 Å². The van der Waals surface area contributed by atoms with Gasteiger partial charge in [0.1, 0.15) is 5.92 Å². The Labute approximate surface area is 145 Å². The molecule has 0 spiro atoms. The first-order valence-electron chi connectivity index (χ1n) is 8.96.